The molecule has 2 aliphatic heterocycles. The highest BCUT2D eigenvalue weighted by Crippen LogP contribution is 2.65. The Bertz CT molecular complexity index is 1710. The topological polar surface area (TPSA) is 179 Å². The summed E-state index contributed by atoms with van der Waals surface area (Å²) in [7, 11) is -1.74. The van der Waals surface area contributed by atoms with Gasteiger partial charge in [0.2, 0.25) is 5.91 Å². The van der Waals surface area contributed by atoms with E-state index in [1.165, 1.54) is 11.3 Å². The molecule has 0 unspecified atom stereocenters. The van der Waals surface area contributed by atoms with Gasteiger partial charge in [-0.15, -0.1) is 11.3 Å². The molecule has 0 radical (unpaired) electrons. The summed E-state index contributed by atoms with van der Waals surface area (Å²) in [6.45, 7) is 5.30. The highest BCUT2D eigenvalue weighted by molar-refractivity contribution is 7.86. The van der Waals surface area contributed by atoms with Crippen molar-refractivity contribution in [3.8, 4) is 0 Å². The highest BCUT2D eigenvalue weighted by atomic mass is 32.2. The molecule has 244 valence electrons. The van der Waals surface area contributed by atoms with Crippen molar-refractivity contribution in [1.29, 1.82) is 0 Å². The van der Waals surface area contributed by atoms with E-state index in [4.69, 9.17) is 4.74 Å². The monoisotopic (exact) mass is 669 g/mol. The number of nitrogens with one attached hydrogen (secondary N) is 2. The first-order valence-electron chi connectivity index (χ1n) is 15.1. The standard InChI is InChI=1S/C32H35N3O9S2/c1-16-12-21-23(17(2)32(8-9-32)31(3,42)26(21)37)20(16)7-4-10-33-30(41)44-14-18-15-46(43)28-24(27(38)35(28)25(18)29(39)40)34-22(36)13-19-6-5-11-45-19/h5-6,11-12,24,28,42H,4,7-10,13-15H2,1-3H3,(H,33,41)(H,34,36)(H,39,40)/t24-,28-,31-,46-/m0/s1. The number of carbonyl (C=O) groups is 5. The Kier molecular flexibility index (Phi) is 8.18. The number of ether oxygens (including phenoxy) is 1. The van der Waals surface area contributed by atoms with Crippen molar-refractivity contribution in [2.24, 2.45) is 5.41 Å². The van der Waals surface area contributed by atoms with Gasteiger partial charge in [-0.2, -0.15) is 0 Å². The lowest BCUT2D eigenvalue weighted by atomic mass is 9.67. The SMILES string of the molecule is CC1=C(CCCNC(=O)OCC2=C(C(=O)O)N3C(=O)[C@H](NC(=O)Cc4cccs4)[C@@H]3[S@@](=O)C2)C2=C(C)C3(CC3)[C@@](C)(O)C(=O)C2=C1. The van der Waals surface area contributed by atoms with Gasteiger partial charge >= 0.3 is 12.1 Å². The number of β-lactam (4-membered cyclic amide) rings is 1. The number of amides is 3. The number of fused-ring (bicyclic) bond motifs is 2. The second-order valence-corrected chi connectivity index (χ2v) is 15.1. The molecular weight excluding hydrogens is 634 g/mol. The predicted octanol–water partition coefficient (Wildman–Crippen LogP) is 2.24. The molecule has 12 nitrogen and oxygen atoms in total. The number of carboxylic acids is 1. The van der Waals surface area contributed by atoms with Crippen LogP contribution in [0.2, 0.25) is 0 Å². The normalized spacial score (nSPS) is 27.7. The quantitative estimate of drug-likeness (QED) is 0.215. The number of nitrogens with zero attached hydrogens (tertiary/aromatic N) is 1. The van der Waals surface area contributed by atoms with Gasteiger partial charge in [0.25, 0.3) is 5.91 Å². The lowest BCUT2D eigenvalue weighted by molar-refractivity contribution is -0.151. The number of Topliss-reactive ketones (excluding diaryl/α,β-unsaturated/α-hetero) is 1. The summed E-state index contributed by atoms with van der Waals surface area (Å²) in [5.74, 6) is -3.02. The zero-order valence-electron chi connectivity index (χ0n) is 25.6. The molecule has 1 spiro atoms. The summed E-state index contributed by atoms with van der Waals surface area (Å²) in [6, 6.07) is 2.47. The van der Waals surface area contributed by atoms with E-state index < -0.39 is 69.4 Å². The maximum atomic E-state index is 13.1. The number of thiophene rings is 1. The van der Waals surface area contributed by atoms with Crippen molar-refractivity contribution >= 4 is 51.8 Å². The second-order valence-electron chi connectivity index (χ2n) is 12.5. The summed E-state index contributed by atoms with van der Waals surface area (Å²) in [5.41, 5.74) is 2.18. The van der Waals surface area contributed by atoms with Gasteiger partial charge in [-0.25, -0.2) is 9.59 Å². The summed E-state index contributed by atoms with van der Waals surface area (Å²) < 4.78 is 18.3. The van der Waals surface area contributed by atoms with Gasteiger partial charge < -0.3 is 25.6 Å². The molecule has 0 bridgehead atoms. The fourth-order valence-electron chi connectivity index (χ4n) is 7.16. The Labute approximate surface area is 271 Å². The summed E-state index contributed by atoms with van der Waals surface area (Å²) >= 11 is 1.39. The van der Waals surface area contributed by atoms with Gasteiger partial charge in [-0.1, -0.05) is 11.6 Å². The Hall–Kier alpha value is -3.88. The van der Waals surface area contributed by atoms with Crippen LogP contribution in [0.5, 0.6) is 0 Å². The van der Waals surface area contributed by atoms with E-state index in [2.05, 4.69) is 10.6 Å². The van der Waals surface area contributed by atoms with Crippen LogP contribution in [0.4, 0.5) is 4.79 Å². The fraction of sp³-hybridized carbons (Fsp3) is 0.469. The molecule has 3 heterocycles. The van der Waals surface area contributed by atoms with Crippen LogP contribution < -0.4 is 10.6 Å². The molecule has 14 heteroatoms. The molecule has 4 atom stereocenters. The molecule has 1 aromatic rings. The smallest absolute Gasteiger partial charge is 0.407 e. The van der Waals surface area contributed by atoms with Gasteiger partial charge in [-0.3, -0.25) is 23.5 Å². The van der Waals surface area contributed by atoms with Crippen LogP contribution in [0.15, 0.2) is 62.7 Å². The summed E-state index contributed by atoms with van der Waals surface area (Å²) in [4.78, 5) is 64.8. The van der Waals surface area contributed by atoms with Crippen LogP contribution in [0, 0.1) is 5.41 Å². The minimum Gasteiger partial charge on any atom is -0.477 e. The van der Waals surface area contributed by atoms with Crippen LogP contribution >= 0.6 is 11.3 Å². The first-order valence-corrected chi connectivity index (χ1v) is 17.3. The van der Waals surface area contributed by atoms with E-state index in [0.29, 0.717) is 18.4 Å². The van der Waals surface area contributed by atoms with Gasteiger partial charge in [-0.05, 0) is 80.7 Å². The van der Waals surface area contributed by atoms with E-state index in [1.54, 1.807) is 19.1 Å². The molecule has 5 aliphatic rings. The van der Waals surface area contributed by atoms with Crippen molar-refractivity contribution in [3.05, 3.63) is 67.6 Å². The molecule has 46 heavy (non-hydrogen) atoms. The van der Waals surface area contributed by atoms with E-state index in [9.17, 15) is 38.4 Å². The van der Waals surface area contributed by atoms with Crippen LogP contribution in [-0.2, 0) is 41.1 Å². The molecule has 1 saturated heterocycles. The first-order chi connectivity index (χ1) is 21.8. The van der Waals surface area contributed by atoms with Crippen molar-refractivity contribution in [2.45, 2.75) is 69.9 Å². The number of aliphatic carboxylic acids is 1. The van der Waals surface area contributed by atoms with E-state index in [-0.39, 0.29) is 30.1 Å². The number of hydrogen-bond donors (Lipinski definition) is 4. The van der Waals surface area contributed by atoms with E-state index in [1.807, 2.05) is 25.3 Å². The largest absolute Gasteiger partial charge is 0.477 e. The molecule has 3 amide bonds. The minimum atomic E-state index is -1.74. The minimum absolute atomic E-state index is 0.0357. The third-order valence-electron chi connectivity index (χ3n) is 9.76. The lowest BCUT2D eigenvalue weighted by Gasteiger charge is -2.49. The Morgan fingerprint density at radius 3 is 2.61 bits per heavy atom. The number of ketones is 1. The van der Waals surface area contributed by atoms with Crippen molar-refractivity contribution in [2.75, 3.05) is 18.9 Å². The molecule has 2 fully saturated rings. The number of alkyl carbamates (subject to hydrolysis) is 1. The predicted molar refractivity (Wildman–Crippen MR) is 168 cm³/mol. The first kappa shape index (κ1) is 32.1. The number of hydrogen-bond acceptors (Lipinski definition) is 9. The van der Waals surface area contributed by atoms with Crippen LogP contribution in [-0.4, -0.2) is 84.9 Å². The number of allylic oxidation sites excluding steroid dienone is 4. The van der Waals surface area contributed by atoms with Crippen molar-refractivity contribution < 1.29 is 43.1 Å². The van der Waals surface area contributed by atoms with Crippen LogP contribution in [0.25, 0.3) is 0 Å². The van der Waals surface area contributed by atoms with Crippen LogP contribution in [0.3, 0.4) is 0 Å². The second kappa shape index (κ2) is 11.7. The van der Waals surface area contributed by atoms with E-state index >= 15 is 0 Å². The number of carbonyl (C=O) groups excluding carboxylic acids is 4. The third-order valence-corrected chi connectivity index (χ3v) is 12.3. The average molecular weight is 670 g/mol. The number of carboxylic acid groups (broad SMARTS) is 1. The molecule has 1 saturated carbocycles. The fourth-order valence-corrected chi connectivity index (χ4v) is 9.53. The zero-order chi connectivity index (χ0) is 33.1. The Morgan fingerprint density at radius 1 is 1.22 bits per heavy atom. The molecule has 3 aliphatic carbocycles. The van der Waals surface area contributed by atoms with Gasteiger partial charge in [0.15, 0.2) is 5.78 Å². The molecule has 1 aromatic heterocycles. The van der Waals surface area contributed by atoms with Gasteiger partial charge in [0.05, 0.1) is 23.0 Å². The van der Waals surface area contributed by atoms with Gasteiger partial charge in [0.1, 0.15) is 29.3 Å². The molecule has 4 N–H and O–H groups in total. The van der Waals surface area contributed by atoms with Crippen LogP contribution in [0.1, 0.15) is 51.3 Å². The maximum Gasteiger partial charge on any atom is 0.407 e. The summed E-state index contributed by atoms with van der Waals surface area (Å²) in [6.07, 6.45) is 3.73. The molecule has 6 rings (SSSR count). The van der Waals surface area contributed by atoms with Crippen molar-refractivity contribution in [3.63, 3.8) is 0 Å². The third kappa shape index (κ3) is 5.16. The average Bonchev–Trinajstić information content (AvgIpc) is 3.56. The van der Waals surface area contributed by atoms with Gasteiger partial charge in [0, 0.05) is 28.0 Å². The Balaban J connectivity index is 1.02. The molecular formula is C32H35N3O9S2. The molecule has 0 aromatic carbocycles. The number of rotatable bonds is 10. The Morgan fingerprint density at radius 2 is 1.96 bits per heavy atom. The van der Waals surface area contributed by atoms with E-state index in [0.717, 1.165) is 44.9 Å². The highest BCUT2D eigenvalue weighted by Gasteiger charge is 2.65. The number of aliphatic hydroxyl groups is 1. The van der Waals surface area contributed by atoms with Crippen molar-refractivity contribution in [1.82, 2.24) is 15.5 Å². The lowest BCUT2D eigenvalue weighted by Crippen LogP contribution is -2.73. The maximum absolute atomic E-state index is 13.1. The zero-order valence-corrected chi connectivity index (χ0v) is 27.3. The summed E-state index contributed by atoms with van der Waals surface area (Å²) in [5, 5.41) is 26.9.